The van der Waals surface area contributed by atoms with Gasteiger partial charge in [-0.1, -0.05) is 13.0 Å². The van der Waals surface area contributed by atoms with Crippen molar-refractivity contribution in [3.8, 4) is 0 Å². The number of hydrogen-bond acceptors (Lipinski definition) is 3. The Kier molecular flexibility index (Phi) is 5.73. The maximum Gasteiger partial charge on any atom is 0.123 e. The number of halogens is 1. The van der Waals surface area contributed by atoms with E-state index in [0.29, 0.717) is 6.04 Å². The second-order valence-electron chi connectivity index (χ2n) is 6.20. The maximum absolute atomic E-state index is 13.7. The van der Waals surface area contributed by atoms with Crippen LogP contribution >= 0.6 is 0 Å². The Labute approximate surface area is 128 Å². The Morgan fingerprint density at radius 2 is 2.10 bits per heavy atom. The van der Waals surface area contributed by atoms with Crippen molar-refractivity contribution in [3.63, 3.8) is 0 Å². The van der Waals surface area contributed by atoms with Gasteiger partial charge in [-0.3, -0.25) is 0 Å². The van der Waals surface area contributed by atoms with Crippen molar-refractivity contribution in [1.82, 2.24) is 15.1 Å². The first-order chi connectivity index (χ1) is 10.0. The van der Waals surface area contributed by atoms with E-state index in [1.807, 2.05) is 6.07 Å². The van der Waals surface area contributed by atoms with E-state index in [9.17, 15) is 4.39 Å². The quantitative estimate of drug-likeness (QED) is 0.920. The first kappa shape index (κ1) is 16.4. The molecule has 1 saturated heterocycles. The van der Waals surface area contributed by atoms with Crippen LogP contribution in [-0.4, -0.2) is 56.1 Å². The molecular formula is C17H28FN3. The van der Waals surface area contributed by atoms with Gasteiger partial charge in [-0.05, 0) is 70.3 Å². The molecule has 0 aromatic heterocycles. The molecule has 0 aliphatic carbocycles. The first-order valence-corrected chi connectivity index (χ1v) is 7.91. The SMILES string of the molecule is CCNC(c1cc(F)ccc1C)C1CN(C)CCCN1C. The molecule has 0 amide bonds. The van der Waals surface area contributed by atoms with E-state index in [-0.39, 0.29) is 11.9 Å². The molecule has 0 bridgehead atoms. The molecule has 0 spiro atoms. The van der Waals surface area contributed by atoms with Gasteiger partial charge >= 0.3 is 0 Å². The van der Waals surface area contributed by atoms with Crippen molar-refractivity contribution in [2.75, 3.05) is 40.3 Å². The summed E-state index contributed by atoms with van der Waals surface area (Å²) in [5.41, 5.74) is 2.24. The second kappa shape index (κ2) is 7.34. The van der Waals surface area contributed by atoms with Crippen LogP contribution in [0.4, 0.5) is 4.39 Å². The Balaban J connectivity index is 2.34. The van der Waals surface area contributed by atoms with Gasteiger partial charge in [0.2, 0.25) is 0 Å². The highest BCUT2D eigenvalue weighted by Gasteiger charge is 2.30. The maximum atomic E-state index is 13.7. The summed E-state index contributed by atoms with van der Waals surface area (Å²) in [5.74, 6) is -0.150. The molecule has 0 saturated carbocycles. The summed E-state index contributed by atoms with van der Waals surface area (Å²) in [4.78, 5) is 4.80. The van der Waals surface area contributed by atoms with Crippen LogP contribution in [0.2, 0.25) is 0 Å². The normalized spacial score (nSPS) is 23.0. The van der Waals surface area contributed by atoms with E-state index in [0.717, 1.165) is 37.3 Å². The molecule has 2 unspecified atom stereocenters. The first-order valence-electron chi connectivity index (χ1n) is 7.91. The van der Waals surface area contributed by atoms with Crippen LogP contribution in [0.15, 0.2) is 18.2 Å². The number of rotatable bonds is 4. The van der Waals surface area contributed by atoms with Crippen molar-refractivity contribution in [3.05, 3.63) is 35.1 Å². The van der Waals surface area contributed by atoms with Gasteiger partial charge < -0.3 is 15.1 Å². The highest BCUT2D eigenvalue weighted by molar-refractivity contribution is 5.31. The fourth-order valence-corrected chi connectivity index (χ4v) is 3.29. The summed E-state index contributed by atoms with van der Waals surface area (Å²) >= 11 is 0. The van der Waals surface area contributed by atoms with Crippen molar-refractivity contribution < 1.29 is 4.39 Å². The molecule has 2 atom stereocenters. The molecule has 1 fully saturated rings. The molecule has 1 heterocycles. The second-order valence-corrected chi connectivity index (χ2v) is 6.20. The highest BCUT2D eigenvalue weighted by atomic mass is 19.1. The van der Waals surface area contributed by atoms with E-state index in [4.69, 9.17) is 0 Å². The molecule has 0 radical (unpaired) electrons. The van der Waals surface area contributed by atoms with E-state index in [2.05, 4.69) is 43.1 Å². The summed E-state index contributed by atoms with van der Waals surface area (Å²) in [7, 11) is 4.36. The third-order valence-corrected chi connectivity index (χ3v) is 4.50. The molecule has 4 heteroatoms. The largest absolute Gasteiger partial charge is 0.309 e. The Bertz CT molecular complexity index is 463. The Morgan fingerprint density at radius 1 is 1.33 bits per heavy atom. The third kappa shape index (κ3) is 4.02. The molecule has 118 valence electrons. The molecular weight excluding hydrogens is 265 g/mol. The van der Waals surface area contributed by atoms with Gasteiger partial charge in [-0.25, -0.2) is 4.39 Å². The monoisotopic (exact) mass is 293 g/mol. The van der Waals surface area contributed by atoms with Crippen LogP contribution in [0, 0.1) is 12.7 Å². The number of aryl methyl sites for hydroxylation is 1. The summed E-state index contributed by atoms with van der Waals surface area (Å²) < 4.78 is 13.7. The van der Waals surface area contributed by atoms with Gasteiger partial charge in [0.05, 0.1) is 0 Å². The predicted molar refractivity (Wildman–Crippen MR) is 86.1 cm³/mol. The summed E-state index contributed by atoms with van der Waals surface area (Å²) in [6.07, 6.45) is 1.18. The van der Waals surface area contributed by atoms with Crippen LogP contribution in [0.3, 0.4) is 0 Å². The predicted octanol–water partition coefficient (Wildman–Crippen LogP) is 2.42. The lowest BCUT2D eigenvalue weighted by molar-refractivity contribution is 0.179. The number of hydrogen-bond donors (Lipinski definition) is 1. The minimum atomic E-state index is -0.150. The van der Waals surface area contributed by atoms with Crippen molar-refractivity contribution >= 4 is 0 Å². The molecule has 1 N–H and O–H groups in total. The topological polar surface area (TPSA) is 18.5 Å². The van der Waals surface area contributed by atoms with Gasteiger partial charge in [-0.2, -0.15) is 0 Å². The number of nitrogens with zero attached hydrogens (tertiary/aromatic N) is 2. The van der Waals surface area contributed by atoms with Gasteiger partial charge in [0.1, 0.15) is 5.82 Å². The van der Waals surface area contributed by atoms with E-state index < -0.39 is 0 Å². The van der Waals surface area contributed by atoms with Gasteiger partial charge in [-0.15, -0.1) is 0 Å². The fraction of sp³-hybridized carbons (Fsp3) is 0.647. The van der Waals surface area contributed by atoms with E-state index >= 15 is 0 Å². The fourth-order valence-electron chi connectivity index (χ4n) is 3.29. The third-order valence-electron chi connectivity index (χ3n) is 4.50. The average Bonchev–Trinajstić information content (AvgIpc) is 2.61. The standard InChI is InChI=1S/C17H28FN3/c1-5-19-17(15-11-14(18)8-7-13(15)2)16-12-20(3)9-6-10-21(16)4/h7-8,11,16-17,19H,5-6,9-10,12H2,1-4H3. The Morgan fingerprint density at radius 3 is 2.81 bits per heavy atom. The van der Waals surface area contributed by atoms with E-state index in [1.165, 1.54) is 6.42 Å². The van der Waals surface area contributed by atoms with Gasteiger partial charge in [0, 0.05) is 18.6 Å². The summed E-state index contributed by atoms with van der Waals surface area (Å²) in [6.45, 7) is 8.29. The molecule has 21 heavy (non-hydrogen) atoms. The molecule has 1 aliphatic rings. The van der Waals surface area contributed by atoms with Crippen LogP contribution in [-0.2, 0) is 0 Å². The zero-order valence-electron chi connectivity index (χ0n) is 13.7. The van der Waals surface area contributed by atoms with Crippen LogP contribution in [0.5, 0.6) is 0 Å². The summed E-state index contributed by atoms with van der Waals surface area (Å²) in [6, 6.07) is 5.65. The lowest BCUT2D eigenvalue weighted by atomic mass is 9.94. The minimum Gasteiger partial charge on any atom is -0.309 e. The van der Waals surface area contributed by atoms with Gasteiger partial charge in [0.25, 0.3) is 0 Å². The smallest absolute Gasteiger partial charge is 0.123 e. The number of likely N-dealkylation sites (N-methyl/N-ethyl adjacent to an activating group) is 3. The van der Waals surface area contributed by atoms with E-state index in [1.54, 1.807) is 12.1 Å². The molecule has 2 rings (SSSR count). The highest BCUT2D eigenvalue weighted by Crippen LogP contribution is 2.26. The lowest BCUT2D eigenvalue weighted by Gasteiger charge is -2.36. The number of benzene rings is 1. The molecule has 1 aromatic carbocycles. The zero-order chi connectivity index (χ0) is 15.4. The van der Waals surface area contributed by atoms with Crippen molar-refractivity contribution in [1.29, 1.82) is 0 Å². The lowest BCUT2D eigenvalue weighted by Crippen LogP contribution is -2.47. The van der Waals surface area contributed by atoms with Crippen molar-refractivity contribution in [2.24, 2.45) is 0 Å². The molecule has 1 aromatic rings. The van der Waals surface area contributed by atoms with Crippen LogP contribution < -0.4 is 5.32 Å². The number of nitrogens with one attached hydrogen (secondary N) is 1. The van der Waals surface area contributed by atoms with Crippen LogP contribution in [0.25, 0.3) is 0 Å². The molecule has 1 aliphatic heterocycles. The molecule has 3 nitrogen and oxygen atoms in total. The van der Waals surface area contributed by atoms with Crippen molar-refractivity contribution in [2.45, 2.75) is 32.4 Å². The van der Waals surface area contributed by atoms with Crippen LogP contribution in [0.1, 0.15) is 30.5 Å². The Hall–Kier alpha value is -0.970. The minimum absolute atomic E-state index is 0.150. The summed E-state index contributed by atoms with van der Waals surface area (Å²) in [5, 5.41) is 3.58. The zero-order valence-corrected chi connectivity index (χ0v) is 13.7. The average molecular weight is 293 g/mol. The van der Waals surface area contributed by atoms with Gasteiger partial charge in [0.15, 0.2) is 0 Å².